The number of benzene rings is 3. The van der Waals surface area contributed by atoms with Gasteiger partial charge in [0.2, 0.25) is 15.9 Å². The number of para-hydroxylation sites is 1. The van der Waals surface area contributed by atoms with Crippen molar-refractivity contribution in [1.82, 2.24) is 4.31 Å². The van der Waals surface area contributed by atoms with Crippen LogP contribution in [-0.4, -0.2) is 31.2 Å². The third kappa shape index (κ3) is 4.94. The molecule has 3 aromatic rings. The van der Waals surface area contributed by atoms with Crippen molar-refractivity contribution in [2.75, 3.05) is 11.4 Å². The molecule has 4 rings (SSSR count). The van der Waals surface area contributed by atoms with Crippen LogP contribution in [0.3, 0.4) is 0 Å². The molecule has 0 aliphatic carbocycles. The molecule has 3 aromatic carbocycles. The maximum Gasteiger partial charge on any atom is 0.243 e. The van der Waals surface area contributed by atoms with Crippen LogP contribution >= 0.6 is 23.2 Å². The van der Waals surface area contributed by atoms with Gasteiger partial charge in [-0.25, -0.2) is 8.42 Å². The van der Waals surface area contributed by atoms with E-state index in [1.165, 1.54) is 4.31 Å². The van der Waals surface area contributed by atoms with Gasteiger partial charge >= 0.3 is 0 Å². The summed E-state index contributed by atoms with van der Waals surface area (Å²) in [5.41, 5.74) is 3.42. The van der Waals surface area contributed by atoms with E-state index in [-0.39, 0.29) is 29.9 Å². The highest BCUT2D eigenvalue weighted by Gasteiger charge is 2.34. The highest BCUT2D eigenvalue weighted by molar-refractivity contribution is 7.89. The zero-order chi connectivity index (χ0) is 23.8. The SMILES string of the molecule is Cc1ccc(S(=O)(=O)N(CC(=O)N2c3ccccc3CC2C)Cc2ccc(Cl)cc2Cl)cc1. The molecular formula is C25H24Cl2N2O3S. The van der Waals surface area contributed by atoms with Crippen molar-refractivity contribution in [1.29, 1.82) is 0 Å². The van der Waals surface area contributed by atoms with Crippen molar-refractivity contribution in [3.05, 3.63) is 93.5 Å². The Kier molecular flexibility index (Phi) is 6.82. The summed E-state index contributed by atoms with van der Waals surface area (Å²) in [7, 11) is -3.97. The molecule has 8 heteroatoms. The summed E-state index contributed by atoms with van der Waals surface area (Å²) in [6.45, 7) is 3.49. The van der Waals surface area contributed by atoms with E-state index in [1.807, 2.05) is 38.1 Å². The Bertz CT molecular complexity index is 1290. The van der Waals surface area contributed by atoms with Crippen LogP contribution < -0.4 is 4.90 Å². The average molecular weight is 503 g/mol. The van der Waals surface area contributed by atoms with E-state index in [1.54, 1.807) is 47.4 Å². The third-order valence-corrected chi connectivity index (χ3v) is 8.20. The van der Waals surface area contributed by atoms with Gasteiger partial charge in [-0.1, -0.05) is 65.2 Å². The second-order valence-electron chi connectivity index (χ2n) is 8.27. The fourth-order valence-corrected chi connectivity index (χ4v) is 5.93. The van der Waals surface area contributed by atoms with E-state index in [9.17, 15) is 13.2 Å². The first-order valence-electron chi connectivity index (χ1n) is 10.6. The summed E-state index contributed by atoms with van der Waals surface area (Å²) in [6, 6.07) is 19.1. The second kappa shape index (κ2) is 9.47. The zero-order valence-electron chi connectivity index (χ0n) is 18.3. The molecule has 1 aliphatic heterocycles. The topological polar surface area (TPSA) is 57.7 Å². The molecule has 1 aliphatic rings. The molecule has 0 saturated heterocycles. The fourth-order valence-electron chi connectivity index (χ4n) is 4.10. The molecule has 1 heterocycles. The van der Waals surface area contributed by atoms with Crippen molar-refractivity contribution in [2.24, 2.45) is 0 Å². The number of hydrogen-bond donors (Lipinski definition) is 0. The van der Waals surface area contributed by atoms with E-state index >= 15 is 0 Å². The predicted octanol–water partition coefficient (Wildman–Crippen LogP) is 5.47. The van der Waals surface area contributed by atoms with Crippen molar-refractivity contribution < 1.29 is 13.2 Å². The quantitative estimate of drug-likeness (QED) is 0.448. The van der Waals surface area contributed by atoms with Crippen LogP contribution in [0.4, 0.5) is 5.69 Å². The predicted molar refractivity (Wildman–Crippen MR) is 132 cm³/mol. The highest BCUT2D eigenvalue weighted by atomic mass is 35.5. The molecule has 172 valence electrons. The van der Waals surface area contributed by atoms with Crippen LogP contribution in [-0.2, 0) is 27.8 Å². The lowest BCUT2D eigenvalue weighted by atomic mass is 10.1. The molecule has 0 spiro atoms. The van der Waals surface area contributed by atoms with Crippen LogP contribution in [0, 0.1) is 6.92 Å². The largest absolute Gasteiger partial charge is 0.308 e. The summed E-state index contributed by atoms with van der Waals surface area (Å²) < 4.78 is 28.4. The number of aryl methyl sites for hydroxylation is 1. The first-order chi connectivity index (χ1) is 15.7. The minimum Gasteiger partial charge on any atom is -0.308 e. The minimum atomic E-state index is -3.97. The van der Waals surface area contributed by atoms with Gasteiger partial charge in [-0.3, -0.25) is 4.79 Å². The third-order valence-electron chi connectivity index (χ3n) is 5.81. The second-order valence-corrected chi connectivity index (χ2v) is 11.0. The van der Waals surface area contributed by atoms with Crippen molar-refractivity contribution in [2.45, 2.75) is 37.8 Å². The number of anilines is 1. The number of sulfonamides is 1. The molecule has 1 unspecified atom stereocenters. The van der Waals surface area contributed by atoms with E-state index in [4.69, 9.17) is 23.2 Å². The van der Waals surface area contributed by atoms with E-state index < -0.39 is 10.0 Å². The Hall–Kier alpha value is -2.38. The van der Waals surface area contributed by atoms with Gasteiger partial charge in [0.05, 0.1) is 11.4 Å². The number of rotatable bonds is 6. The summed E-state index contributed by atoms with van der Waals surface area (Å²) in [5, 5.41) is 0.800. The Morgan fingerprint density at radius 3 is 2.45 bits per heavy atom. The van der Waals surface area contributed by atoms with Gasteiger partial charge in [0.1, 0.15) is 0 Å². The average Bonchev–Trinajstić information content (AvgIpc) is 3.11. The summed E-state index contributed by atoms with van der Waals surface area (Å²) in [4.78, 5) is 15.3. The number of carbonyl (C=O) groups is 1. The Morgan fingerprint density at radius 2 is 1.76 bits per heavy atom. The van der Waals surface area contributed by atoms with Crippen LogP contribution in [0.15, 0.2) is 71.6 Å². The van der Waals surface area contributed by atoms with Gasteiger partial charge < -0.3 is 4.90 Å². The van der Waals surface area contributed by atoms with E-state index in [0.717, 1.165) is 23.2 Å². The van der Waals surface area contributed by atoms with Crippen LogP contribution in [0.2, 0.25) is 10.0 Å². The first kappa shape index (κ1) is 23.8. The van der Waals surface area contributed by atoms with Gasteiger partial charge in [0.25, 0.3) is 0 Å². The molecule has 0 radical (unpaired) electrons. The molecule has 0 aromatic heterocycles. The number of fused-ring (bicyclic) bond motifs is 1. The maximum atomic E-state index is 13.6. The molecule has 0 bridgehead atoms. The maximum absolute atomic E-state index is 13.6. The van der Waals surface area contributed by atoms with Crippen molar-refractivity contribution in [3.63, 3.8) is 0 Å². The lowest BCUT2D eigenvalue weighted by Gasteiger charge is -2.28. The van der Waals surface area contributed by atoms with Gasteiger partial charge in [0, 0.05) is 28.3 Å². The first-order valence-corrected chi connectivity index (χ1v) is 12.8. The Labute approximate surface area is 204 Å². The summed E-state index contributed by atoms with van der Waals surface area (Å²) in [5.74, 6) is -0.284. The van der Waals surface area contributed by atoms with Crippen molar-refractivity contribution in [3.8, 4) is 0 Å². The molecule has 1 atom stereocenters. The minimum absolute atomic E-state index is 0.0538. The Balaban J connectivity index is 1.69. The highest BCUT2D eigenvalue weighted by Crippen LogP contribution is 2.33. The molecule has 0 saturated carbocycles. The number of amides is 1. The number of hydrogen-bond acceptors (Lipinski definition) is 3. The fraction of sp³-hybridized carbons (Fsp3) is 0.240. The standard InChI is InChI=1S/C25H24Cl2N2O3S/c1-17-7-11-22(12-8-17)33(31,32)28(15-20-9-10-21(26)14-23(20)27)16-25(30)29-18(2)13-19-5-3-4-6-24(19)29/h3-12,14,18H,13,15-16H2,1-2H3. The molecule has 0 fully saturated rings. The van der Waals surface area contributed by atoms with Crippen molar-refractivity contribution >= 4 is 44.8 Å². The number of nitrogens with zero attached hydrogens (tertiary/aromatic N) is 2. The van der Waals surface area contributed by atoms with Crippen LogP contribution in [0.25, 0.3) is 0 Å². The molecular weight excluding hydrogens is 479 g/mol. The van der Waals surface area contributed by atoms with Gasteiger partial charge in [-0.15, -0.1) is 0 Å². The van der Waals surface area contributed by atoms with Crippen LogP contribution in [0.5, 0.6) is 0 Å². The monoisotopic (exact) mass is 502 g/mol. The zero-order valence-corrected chi connectivity index (χ0v) is 20.7. The molecule has 0 N–H and O–H groups in total. The van der Waals surface area contributed by atoms with E-state index in [2.05, 4.69) is 0 Å². The smallest absolute Gasteiger partial charge is 0.243 e. The summed E-state index contributed by atoms with van der Waals surface area (Å²) in [6.07, 6.45) is 0.732. The van der Waals surface area contributed by atoms with E-state index in [0.29, 0.717) is 15.6 Å². The normalized spacial score (nSPS) is 15.7. The summed E-state index contributed by atoms with van der Waals surface area (Å²) >= 11 is 12.4. The van der Waals surface area contributed by atoms with Gasteiger partial charge in [-0.05, 0) is 61.7 Å². The van der Waals surface area contributed by atoms with Gasteiger partial charge in [0.15, 0.2) is 0 Å². The molecule has 33 heavy (non-hydrogen) atoms. The molecule has 1 amide bonds. The number of carbonyl (C=O) groups excluding carboxylic acids is 1. The lowest BCUT2D eigenvalue weighted by Crippen LogP contribution is -2.44. The van der Waals surface area contributed by atoms with Gasteiger partial charge in [-0.2, -0.15) is 4.31 Å². The van der Waals surface area contributed by atoms with Crippen LogP contribution in [0.1, 0.15) is 23.6 Å². The number of halogens is 2. The lowest BCUT2D eigenvalue weighted by molar-refractivity contribution is -0.119. The molecule has 5 nitrogen and oxygen atoms in total. The Morgan fingerprint density at radius 1 is 1.06 bits per heavy atom.